The highest BCUT2D eigenvalue weighted by Gasteiger charge is 2.16. The van der Waals surface area contributed by atoms with E-state index in [4.69, 9.17) is 22.1 Å². The number of imide groups is 1. The molecule has 104 valence electrons. The van der Waals surface area contributed by atoms with Crippen molar-refractivity contribution in [2.24, 2.45) is 5.73 Å². The van der Waals surface area contributed by atoms with Crippen LogP contribution in [0.3, 0.4) is 0 Å². The molecule has 0 fully saturated rings. The molecule has 0 aliphatic carbocycles. The lowest BCUT2D eigenvalue weighted by molar-refractivity contribution is -0.120. The largest absolute Gasteiger partial charge is 0.495 e. The highest BCUT2D eigenvalue weighted by molar-refractivity contribution is 6.31. The van der Waals surface area contributed by atoms with Crippen LogP contribution in [0.1, 0.15) is 12.5 Å². The summed E-state index contributed by atoms with van der Waals surface area (Å²) in [5.74, 6) is -0.0171. The summed E-state index contributed by atoms with van der Waals surface area (Å²) in [6.45, 7) is 3.43. The van der Waals surface area contributed by atoms with Gasteiger partial charge < -0.3 is 15.8 Å². The third kappa shape index (κ3) is 4.03. The zero-order valence-electron chi connectivity index (χ0n) is 10.9. The molecule has 1 aromatic rings. The summed E-state index contributed by atoms with van der Waals surface area (Å²) < 4.78 is 5.17. The number of nitrogens with one attached hydrogen (secondary N) is 2. The molecule has 1 unspecified atom stereocenters. The summed E-state index contributed by atoms with van der Waals surface area (Å²) in [6, 6.07) is 1.87. The van der Waals surface area contributed by atoms with Gasteiger partial charge in [0.15, 0.2) is 0 Å². The predicted molar refractivity (Wildman–Crippen MR) is 73.6 cm³/mol. The van der Waals surface area contributed by atoms with Gasteiger partial charge in [-0.25, -0.2) is 4.79 Å². The second-order valence-electron chi connectivity index (χ2n) is 4.02. The van der Waals surface area contributed by atoms with E-state index in [-0.39, 0.29) is 0 Å². The Hall–Kier alpha value is -1.95. The number of ether oxygens (including phenoxy) is 1. The number of rotatable bonds is 4. The first-order chi connectivity index (χ1) is 8.85. The highest BCUT2D eigenvalue weighted by atomic mass is 35.5. The van der Waals surface area contributed by atoms with Gasteiger partial charge in [0.1, 0.15) is 11.8 Å². The zero-order chi connectivity index (χ0) is 14.6. The molecule has 6 nitrogen and oxygen atoms in total. The number of urea groups is 1. The van der Waals surface area contributed by atoms with Gasteiger partial charge in [-0.05, 0) is 25.5 Å². The second-order valence-corrected chi connectivity index (χ2v) is 4.43. The Kier molecular flexibility index (Phi) is 5.00. The number of halogens is 1. The van der Waals surface area contributed by atoms with Crippen molar-refractivity contribution in [3.63, 3.8) is 0 Å². The van der Waals surface area contributed by atoms with Crippen LogP contribution in [0.2, 0.25) is 5.02 Å². The Bertz CT molecular complexity index is 505. The normalized spacial score (nSPS) is 11.6. The molecular formula is C12H16ClN3O3. The fraction of sp³-hybridized carbons (Fsp3) is 0.333. The third-order valence-corrected chi connectivity index (χ3v) is 2.90. The maximum atomic E-state index is 11.6. The van der Waals surface area contributed by atoms with Crippen molar-refractivity contribution < 1.29 is 14.3 Å². The number of aryl methyl sites for hydroxylation is 1. The standard InChI is InChI=1S/C12H16ClN3O3/c1-6-4-9(10(19-3)5-8(6)13)15-7(2)11(17)16-12(14)18/h4-5,7,15H,1-3H3,(H3,14,16,17,18). The number of hydrogen-bond donors (Lipinski definition) is 3. The van der Waals surface area contributed by atoms with Crippen molar-refractivity contribution in [2.75, 3.05) is 12.4 Å². The molecule has 1 atom stereocenters. The Morgan fingerprint density at radius 2 is 2.05 bits per heavy atom. The van der Waals surface area contributed by atoms with E-state index in [1.807, 2.05) is 12.2 Å². The van der Waals surface area contributed by atoms with Gasteiger partial charge in [-0.3, -0.25) is 10.1 Å². The zero-order valence-corrected chi connectivity index (χ0v) is 11.7. The summed E-state index contributed by atoms with van der Waals surface area (Å²) in [5.41, 5.74) is 6.33. The molecule has 3 amide bonds. The van der Waals surface area contributed by atoms with Crippen LogP contribution >= 0.6 is 11.6 Å². The van der Waals surface area contributed by atoms with Gasteiger partial charge in [-0.1, -0.05) is 11.6 Å². The lowest BCUT2D eigenvalue weighted by atomic mass is 10.2. The minimum atomic E-state index is -0.891. The van der Waals surface area contributed by atoms with Crippen molar-refractivity contribution in [3.8, 4) is 5.75 Å². The first kappa shape index (κ1) is 15.1. The molecule has 19 heavy (non-hydrogen) atoms. The number of carbonyl (C=O) groups is 2. The van der Waals surface area contributed by atoms with Crippen molar-refractivity contribution >= 4 is 29.2 Å². The van der Waals surface area contributed by atoms with E-state index in [1.54, 1.807) is 19.1 Å². The first-order valence-corrected chi connectivity index (χ1v) is 5.94. The van der Waals surface area contributed by atoms with Crippen LogP contribution in [-0.2, 0) is 4.79 Å². The second kappa shape index (κ2) is 6.29. The monoisotopic (exact) mass is 285 g/mol. The number of benzene rings is 1. The summed E-state index contributed by atoms with van der Waals surface area (Å²) >= 11 is 5.98. The molecule has 0 spiro atoms. The van der Waals surface area contributed by atoms with Gasteiger partial charge in [0.05, 0.1) is 12.8 Å². The summed E-state index contributed by atoms with van der Waals surface area (Å²) in [4.78, 5) is 22.2. The van der Waals surface area contributed by atoms with Crippen LogP contribution < -0.4 is 21.1 Å². The minimum Gasteiger partial charge on any atom is -0.495 e. The summed E-state index contributed by atoms with van der Waals surface area (Å²) in [5, 5.41) is 5.49. The van der Waals surface area contributed by atoms with Crippen molar-refractivity contribution in [2.45, 2.75) is 19.9 Å². The molecule has 0 aliphatic rings. The molecule has 4 N–H and O–H groups in total. The van der Waals surface area contributed by atoms with Crippen LogP contribution in [0, 0.1) is 6.92 Å². The Balaban J connectivity index is 2.89. The molecule has 0 aliphatic heterocycles. The van der Waals surface area contributed by atoms with Crippen LogP contribution in [0.5, 0.6) is 5.75 Å². The van der Waals surface area contributed by atoms with E-state index in [2.05, 4.69) is 5.32 Å². The smallest absolute Gasteiger partial charge is 0.318 e. The number of primary amides is 1. The predicted octanol–water partition coefficient (Wildman–Crippen LogP) is 1.65. The Labute approximate surface area is 116 Å². The maximum Gasteiger partial charge on any atom is 0.318 e. The molecule has 0 saturated heterocycles. The lowest BCUT2D eigenvalue weighted by Crippen LogP contribution is -2.43. The van der Waals surface area contributed by atoms with Crippen molar-refractivity contribution in [1.82, 2.24) is 5.32 Å². The third-order valence-electron chi connectivity index (χ3n) is 2.49. The van der Waals surface area contributed by atoms with Gasteiger partial charge in [0.2, 0.25) is 5.91 Å². The van der Waals surface area contributed by atoms with E-state index in [9.17, 15) is 9.59 Å². The topological polar surface area (TPSA) is 93.4 Å². The van der Waals surface area contributed by atoms with E-state index in [1.165, 1.54) is 7.11 Å². The van der Waals surface area contributed by atoms with Gasteiger partial charge in [-0.15, -0.1) is 0 Å². The molecule has 0 radical (unpaired) electrons. The quantitative estimate of drug-likeness (QED) is 0.784. The summed E-state index contributed by atoms with van der Waals surface area (Å²) in [7, 11) is 1.50. The number of hydrogen-bond acceptors (Lipinski definition) is 4. The van der Waals surface area contributed by atoms with Gasteiger partial charge in [-0.2, -0.15) is 0 Å². The fourth-order valence-corrected chi connectivity index (χ4v) is 1.63. The van der Waals surface area contributed by atoms with Crippen LogP contribution in [-0.4, -0.2) is 25.1 Å². The van der Waals surface area contributed by atoms with Gasteiger partial charge >= 0.3 is 6.03 Å². The average molecular weight is 286 g/mol. The van der Waals surface area contributed by atoms with Crippen molar-refractivity contribution in [1.29, 1.82) is 0 Å². The molecule has 0 heterocycles. The van der Waals surface area contributed by atoms with E-state index in [0.717, 1.165) is 5.56 Å². The van der Waals surface area contributed by atoms with E-state index in [0.29, 0.717) is 16.5 Å². The minimum absolute atomic E-state index is 0.509. The number of amides is 3. The molecule has 1 rings (SSSR count). The van der Waals surface area contributed by atoms with Gasteiger partial charge in [0.25, 0.3) is 0 Å². The SMILES string of the molecule is COc1cc(Cl)c(C)cc1NC(C)C(=O)NC(N)=O. The highest BCUT2D eigenvalue weighted by Crippen LogP contribution is 2.31. The number of methoxy groups -OCH3 is 1. The Morgan fingerprint density at radius 3 is 2.58 bits per heavy atom. The first-order valence-electron chi connectivity index (χ1n) is 5.56. The number of anilines is 1. The molecule has 1 aromatic carbocycles. The lowest BCUT2D eigenvalue weighted by Gasteiger charge is -2.17. The molecular weight excluding hydrogens is 270 g/mol. The molecule has 7 heteroatoms. The maximum absolute atomic E-state index is 11.6. The van der Waals surface area contributed by atoms with Crippen molar-refractivity contribution in [3.05, 3.63) is 22.7 Å². The molecule has 0 bridgehead atoms. The average Bonchev–Trinajstić information content (AvgIpc) is 2.32. The fourth-order valence-electron chi connectivity index (χ4n) is 1.47. The molecule has 0 aromatic heterocycles. The number of carbonyl (C=O) groups excluding carboxylic acids is 2. The Morgan fingerprint density at radius 1 is 1.42 bits per heavy atom. The van der Waals surface area contributed by atoms with E-state index >= 15 is 0 Å². The molecule has 0 saturated carbocycles. The van der Waals surface area contributed by atoms with Crippen LogP contribution in [0.4, 0.5) is 10.5 Å². The van der Waals surface area contributed by atoms with E-state index < -0.39 is 18.0 Å². The van der Waals surface area contributed by atoms with Crippen LogP contribution in [0.15, 0.2) is 12.1 Å². The number of nitrogens with two attached hydrogens (primary N) is 1. The summed E-state index contributed by atoms with van der Waals surface area (Å²) in [6.07, 6.45) is 0. The van der Waals surface area contributed by atoms with Crippen LogP contribution in [0.25, 0.3) is 0 Å². The van der Waals surface area contributed by atoms with Gasteiger partial charge in [0, 0.05) is 11.1 Å².